The molecule has 0 radical (unpaired) electrons. The first-order valence-corrected chi connectivity index (χ1v) is 6.36. The van der Waals surface area contributed by atoms with Crippen LogP contribution < -0.4 is 5.73 Å². The predicted molar refractivity (Wildman–Crippen MR) is 69.0 cm³/mol. The summed E-state index contributed by atoms with van der Waals surface area (Å²) in [5, 5.41) is 0. The Bertz CT molecular complexity index is 514. The van der Waals surface area contributed by atoms with Gasteiger partial charge in [-0.25, -0.2) is 4.39 Å². The summed E-state index contributed by atoms with van der Waals surface area (Å²) in [6.45, 7) is 4.36. The van der Waals surface area contributed by atoms with Gasteiger partial charge in [0, 0.05) is 5.92 Å². The summed E-state index contributed by atoms with van der Waals surface area (Å²) in [6.07, 6.45) is -5.51. The lowest BCUT2D eigenvalue weighted by atomic mass is 9.91. The number of carbonyl (C=O) groups is 1. The molecule has 0 aliphatic carbocycles. The third-order valence-corrected chi connectivity index (χ3v) is 3.19. The maximum Gasteiger partial charge on any atom is 0.416 e. The van der Waals surface area contributed by atoms with Gasteiger partial charge in [-0.15, -0.1) is 0 Å². The van der Waals surface area contributed by atoms with Crippen LogP contribution in [-0.4, -0.2) is 18.1 Å². The van der Waals surface area contributed by atoms with E-state index in [1.807, 2.05) is 0 Å². The van der Waals surface area contributed by atoms with Crippen molar-refractivity contribution < 1.29 is 27.1 Å². The van der Waals surface area contributed by atoms with Crippen molar-refractivity contribution in [3.05, 3.63) is 35.1 Å². The molecular weight excluding hydrogens is 290 g/mol. The Balaban J connectivity index is 3.07. The second kappa shape index (κ2) is 6.43. The lowest BCUT2D eigenvalue weighted by Crippen LogP contribution is -2.33. The molecule has 0 aliphatic heterocycles. The van der Waals surface area contributed by atoms with Crippen LogP contribution in [-0.2, 0) is 15.7 Å². The molecule has 3 nitrogen and oxygen atoms in total. The van der Waals surface area contributed by atoms with Crippen LogP contribution in [0.2, 0.25) is 0 Å². The molecule has 0 unspecified atom stereocenters. The number of halogens is 4. The van der Waals surface area contributed by atoms with Crippen LogP contribution in [0, 0.1) is 5.82 Å². The fraction of sp³-hybridized carbons (Fsp3) is 0.500. The molecule has 1 aromatic carbocycles. The van der Waals surface area contributed by atoms with Crippen molar-refractivity contribution in [1.82, 2.24) is 0 Å². The van der Waals surface area contributed by atoms with E-state index in [-0.39, 0.29) is 5.56 Å². The Labute approximate surface area is 120 Å². The van der Waals surface area contributed by atoms with Gasteiger partial charge in [-0.3, -0.25) is 4.79 Å². The predicted octanol–water partition coefficient (Wildman–Crippen LogP) is 3.23. The van der Waals surface area contributed by atoms with E-state index in [2.05, 4.69) is 0 Å². The number of carbonyl (C=O) groups excluding carboxylic acids is 1. The highest BCUT2D eigenvalue weighted by atomic mass is 19.4. The summed E-state index contributed by atoms with van der Waals surface area (Å²) in [5.41, 5.74) is 4.14. The molecule has 0 aliphatic rings. The second-order valence-corrected chi connectivity index (χ2v) is 4.95. The third-order valence-electron chi connectivity index (χ3n) is 3.19. The highest BCUT2D eigenvalue weighted by Crippen LogP contribution is 2.37. The lowest BCUT2D eigenvalue weighted by molar-refractivity contribution is -0.150. The first-order chi connectivity index (χ1) is 9.54. The van der Waals surface area contributed by atoms with Crippen molar-refractivity contribution in [2.75, 3.05) is 0 Å². The molecule has 3 atom stereocenters. The van der Waals surface area contributed by atoms with E-state index in [1.54, 1.807) is 0 Å². The standard InChI is InChI=1S/C14H17F4NO2/c1-7(9(3)21-13(20)8(2)19)11-5-4-10(15)6-12(11)14(16,17)18/h4-9H,19H2,1-3H3/t7-,8+,9+/m1/s1. The van der Waals surface area contributed by atoms with Crippen LogP contribution in [0.15, 0.2) is 18.2 Å². The number of rotatable bonds is 4. The van der Waals surface area contributed by atoms with Crippen molar-refractivity contribution in [1.29, 1.82) is 0 Å². The molecule has 21 heavy (non-hydrogen) atoms. The van der Waals surface area contributed by atoms with Gasteiger partial charge in [0.2, 0.25) is 0 Å². The minimum atomic E-state index is -4.68. The number of esters is 1. The molecule has 0 amide bonds. The molecule has 2 N–H and O–H groups in total. The molecule has 0 spiro atoms. The zero-order chi connectivity index (χ0) is 16.4. The SMILES string of the molecule is C[C@H](N)C(=O)O[C@@H](C)[C@@H](C)c1ccc(F)cc1C(F)(F)F. The number of benzene rings is 1. The summed E-state index contributed by atoms with van der Waals surface area (Å²) in [4.78, 5) is 11.4. The largest absolute Gasteiger partial charge is 0.461 e. The molecule has 0 saturated heterocycles. The van der Waals surface area contributed by atoms with Gasteiger partial charge in [0.1, 0.15) is 18.0 Å². The Morgan fingerprint density at radius 3 is 2.29 bits per heavy atom. The van der Waals surface area contributed by atoms with Crippen molar-refractivity contribution in [3.63, 3.8) is 0 Å². The Morgan fingerprint density at radius 1 is 1.24 bits per heavy atom. The van der Waals surface area contributed by atoms with Crippen LogP contribution >= 0.6 is 0 Å². The Morgan fingerprint density at radius 2 is 1.81 bits per heavy atom. The molecule has 0 fully saturated rings. The summed E-state index contributed by atoms with van der Waals surface area (Å²) in [5.74, 6) is -2.44. The average molecular weight is 307 g/mol. The van der Waals surface area contributed by atoms with Crippen molar-refractivity contribution in [3.8, 4) is 0 Å². The highest BCUT2D eigenvalue weighted by Gasteiger charge is 2.36. The van der Waals surface area contributed by atoms with Gasteiger partial charge in [0.05, 0.1) is 5.56 Å². The Hall–Kier alpha value is -1.63. The number of ether oxygens (including phenoxy) is 1. The summed E-state index contributed by atoms with van der Waals surface area (Å²) in [6, 6.07) is 1.57. The fourth-order valence-corrected chi connectivity index (χ4v) is 1.82. The van der Waals surface area contributed by atoms with E-state index < -0.39 is 41.6 Å². The minimum absolute atomic E-state index is 0.131. The average Bonchev–Trinajstić information content (AvgIpc) is 2.36. The van der Waals surface area contributed by atoms with Crippen LogP contribution in [0.25, 0.3) is 0 Å². The lowest BCUT2D eigenvalue weighted by Gasteiger charge is -2.24. The van der Waals surface area contributed by atoms with Gasteiger partial charge in [-0.1, -0.05) is 13.0 Å². The van der Waals surface area contributed by atoms with E-state index in [1.165, 1.54) is 20.8 Å². The van der Waals surface area contributed by atoms with Crippen molar-refractivity contribution >= 4 is 5.97 Å². The second-order valence-electron chi connectivity index (χ2n) is 4.95. The summed E-state index contributed by atoms with van der Waals surface area (Å²) >= 11 is 0. The number of hydrogen-bond acceptors (Lipinski definition) is 3. The van der Waals surface area contributed by atoms with Gasteiger partial charge in [0.15, 0.2) is 0 Å². The van der Waals surface area contributed by atoms with E-state index in [0.29, 0.717) is 6.07 Å². The Kier molecular flexibility index (Phi) is 5.33. The van der Waals surface area contributed by atoms with Crippen molar-refractivity contribution in [2.45, 2.75) is 45.0 Å². The van der Waals surface area contributed by atoms with E-state index >= 15 is 0 Å². The molecule has 118 valence electrons. The van der Waals surface area contributed by atoms with Gasteiger partial charge < -0.3 is 10.5 Å². The first-order valence-electron chi connectivity index (χ1n) is 6.36. The van der Waals surface area contributed by atoms with Gasteiger partial charge in [0.25, 0.3) is 0 Å². The van der Waals surface area contributed by atoms with E-state index in [9.17, 15) is 22.4 Å². The number of nitrogens with two attached hydrogens (primary N) is 1. The minimum Gasteiger partial charge on any atom is -0.461 e. The monoisotopic (exact) mass is 307 g/mol. The van der Waals surface area contributed by atoms with Crippen LogP contribution in [0.3, 0.4) is 0 Å². The van der Waals surface area contributed by atoms with Crippen LogP contribution in [0.1, 0.15) is 37.8 Å². The maximum atomic E-state index is 13.1. The maximum absolute atomic E-state index is 13.1. The van der Waals surface area contributed by atoms with E-state index in [4.69, 9.17) is 10.5 Å². The topological polar surface area (TPSA) is 52.3 Å². The molecule has 0 bridgehead atoms. The van der Waals surface area contributed by atoms with Crippen molar-refractivity contribution in [2.24, 2.45) is 5.73 Å². The molecule has 0 aromatic heterocycles. The van der Waals surface area contributed by atoms with Gasteiger partial charge in [-0.05, 0) is 31.5 Å². The van der Waals surface area contributed by atoms with Crippen LogP contribution in [0.5, 0.6) is 0 Å². The molecule has 1 aromatic rings. The third kappa shape index (κ3) is 4.42. The fourth-order valence-electron chi connectivity index (χ4n) is 1.82. The zero-order valence-corrected chi connectivity index (χ0v) is 11.9. The molecular formula is C14H17F4NO2. The molecule has 1 rings (SSSR count). The van der Waals surface area contributed by atoms with Gasteiger partial charge in [-0.2, -0.15) is 13.2 Å². The molecule has 0 heterocycles. The zero-order valence-electron chi connectivity index (χ0n) is 11.9. The molecule has 0 saturated carbocycles. The normalized spacial score (nSPS) is 16.2. The first kappa shape index (κ1) is 17.4. The number of hydrogen-bond donors (Lipinski definition) is 1. The smallest absolute Gasteiger partial charge is 0.416 e. The number of alkyl halides is 3. The van der Waals surface area contributed by atoms with Gasteiger partial charge >= 0.3 is 12.1 Å². The van der Waals surface area contributed by atoms with E-state index in [0.717, 1.165) is 12.1 Å². The van der Waals surface area contributed by atoms with Crippen LogP contribution in [0.4, 0.5) is 17.6 Å². The summed E-state index contributed by atoms with van der Waals surface area (Å²) < 4.78 is 56.9. The quantitative estimate of drug-likeness (QED) is 0.686. The highest BCUT2D eigenvalue weighted by molar-refractivity contribution is 5.75. The summed E-state index contributed by atoms with van der Waals surface area (Å²) in [7, 11) is 0. The molecule has 7 heteroatoms.